The summed E-state index contributed by atoms with van der Waals surface area (Å²) in [6.07, 6.45) is 8.22. The minimum atomic E-state index is -0.0721. The van der Waals surface area contributed by atoms with Gasteiger partial charge in [-0.1, -0.05) is 5.21 Å². The van der Waals surface area contributed by atoms with E-state index in [-0.39, 0.29) is 23.9 Å². The Labute approximate surface area is 160 Å². The van der Waals surface area contributed by atoms with E-state index in [1.165, 1.54) is 0 Å². The van der Waals surface area contributed by atoms with Gasteiger partial charge in [-0.05, 0) is 50.4 Å². The Kier molecular flexibility index (Phi) is 4.92. The zero-order valence-electron chi connectivity index (χ0n) is 16.3. The SMILES string of the molecule is CN1C[C@H]2C[C@@H](N(C)C(=O)c3cn(C4CCC(N)CC4)nn3)C[C@H]2CC1=O. The van der Waals surface area contributed by atoms with Gasteiger partial charge in [0.15, 0.2) is 5.69 Å². The fourth-order valence-electron chi connectivity index (χ4n) is 5.07. The molecule has 2 amide bonds. The molecule has 3 fully saturated rings. The van der Waals surface area contributed by atoms with Crippen molar-refractivity contribution >= 4 is 11.8 Å². The van der Waals surface area contributed by atoms with Crippen molar-refractivity contribution in [2.24, 2.45) is 17.6 Å². The molecule has 0 aromatic carbocycles. The van der Waals surface area contributed by atoms with Crippen LogP contribution in [0.1, 0.15) is 61.5 Å². The van der Waals surface area contributed by atoms with E-state index in [9.17, 15) is 9.59 Å². The summed E-state index contributed by atoms with van der Waals surface area (Å²) in [5.41, 5.74) is 6.39. The predicted octanol–water partition coefficient (Wildman–Crippen LogP) is 1.05. The van der Waals surface area contributed by atoms with Crippen LogP contribution in [-0.4, -0.2) is 69.3 Å². The normalized spacial score (nSPS) is 33.8. The van der Waals surface area contributed by atoms with Crippen LogP contribution in [0, 0.1) is 11.8 Å². The van der Waals surface area contributed by atoms with Gasteiger partial charge in [0.2, 0.25) is 5.91 Å². The number of rotatable bonds is 3. The van der Waals surface area contributed by atoms with Gasteiger partial charge in [0, 0.05) is 39.1 Å². The number of nitrogens with two attached hydrogens (primary N) is 1. The van der Waals surface area contributed by atoms with E-state index in [2.05, 4.69) is 10.3 Å². The summed E-state index contributed by atoms with van der Waals surface area (Å²) in [7, 11) is 3.73. The lowest BCUT2D eigenvalue weighted by Gasteiger charge is -2.31. The molecule has 2 heterocycles. The number of carbonyl (C=O) groups is 2. The van der Waals surface area contributed by atoms with E-state index in [4.69, 9.17) is 5.73 Å². The summed E-state index contributed by atoms with van der Waals surface area (Å²) >= 11 is 0. The number of nitrogens with zero attached hydrogens (tertiary/aromatic N) is 5. The number of hydrogen-bond donors (Lipinski definition) is 1. The molecule has 1 aromatic heterocycles. The highest BCUT2D eigenvalue weighted by Crippen LogP contribution is 2.40. The molecule has 2 N–H and O–H groups in total. The van der Waals surface area contributed by atoms with E-state index in [1.54, 1.807) is 6.20 Å². The third-order valence-corrected chi connectivity index (χ3v) is 6.90. The average Bonchev–Trinajstić information content (AvgIpc) is 3.29. The number of fused-ring (bicyclic) bond motifs is 1. The molecule has 8 heteroatoms. The zero-order chi connectivity index (χ0) is 19.1. The van der Waals surface area contributed by atoms with Crippen LogP contribution in [0.15, 0.2) is 6.20 Å². The third kappa shape index (κ3) is 3.59. The molecule has 148 valence electrons. The first-order valence-electron chi connectivity index (χ1n) is 10.1. The van der Waals surface area contributed by atoms with Crippen molar-refractivity contribution < 1.29 is 9.59 Å². The lowest BCUT2D eigenvalue weighted by Crippen LogP contribution is -2.40. The highest BCUT2D eigenvalue weighted by atomic mass is 16.2. The van der Waals surface area contributed by atoms with Crippen LogP contribution in [-0.2, 0) is 4.79 Å². The molecule has 1 aliphatic heterocycles. The van der Waals surface area contributed by atoms with Crippen molar-refractivity contribution in [3.05, 3.63) is 11.9 Å². The fourth-order valence-corrected chi connectivity index (χ4v) is 5.07. The van der Waals surface area contributed by atoms with Crippen molar-refractivity contribution in [2.75, 3.05) is 20.6 Å². The van der Waals surface area contributed by atoms with Gasteiger partial charge in [-0.15, -0.1) is 5.10 Å². The van der Waals surface area contributed by atoms with Crippen molar-refractivity contribution in [1.82, 2.24) is 24.8 Å². The van der Waals surface area contributed by atoms with Crippen molar-refractivity contribution in [1.29, 1.82) is 0 Å². The molecule has 4 rings (SSSR count). The van der Waals surface area contributed by atoms with Crippen LogP contribution < -0.4 is 5.73 Å². The summed E-state index contributed by atoms with van der Waals surface area (Å²) < 4.78 is 1.84. The second-order valence-electron chi connectivity index (χ2n) is 8.69. The van der Waals surface area contributed by atoms with Crippen LogP contribution in [0.3, 0.4) is 0 Å². The average molecular weight is 374 g/mol. The predicted molar refractivity (Wildman–Crippen MR) is 99.9 cm³/mol. The lowest BCUT2D eigenvalue weighted by molar-refractivity contribution is -0.134. The smallest absolute Gasteiger partial charge is 0.276 e. The first-order chi connectivity index (χ1) is 12.9. The molecule has 3 aliphatic rings. The molecular formula is C19H30N6O2. The first kappa shape index (κ1) is 18.4. The van der Waals surface area contributed by atoms with Crippen LogP contribution in [0.5, 0.6) is 0 Å². The zero-order valence-corrected chi connectivity index (χ0v) is 16.3. The second-order valence-corrected chi connectivity index (χ2v) is 8.69. The Bertz CT molecular complexity index is 711. The Morgan fingerprint density at radius 1 is 1.22 bits per heavy atom. The summed E-state index contributed by atoms with van der Waals surface area (Å²) in [6.45, 7) is 0.808. The number of piperidine rings is 1. The highest BCUT2D eigenvalue weighted by Gasteiger charge is 2.42. The third-order valence-electron chi connectivity index (χ3n) is 6.90. The van der Waals surface area contributed by atoms with E-state index < -0.39 is 0 Å². The van der Waals surface area contributed by atoms with Gasteiger partial charge in [-0.25, -0.2) is 4.68 Å². The Morgan fingerprint density at radius 2 is 1.93 bits per heavy atom. The quantitative estimate of drug-likeness (QED) is 0.853. The Morgan fingerprint density at radius 3 is 2.67 bits per heavy atom. The summed E-state index contributed by atoms with van der Waals surface area (Å²) in [6, 6.07) is 0.749. The lowest BCUT2D eigenvalue weighted by atomic mass is 9.88. The topological polar surface area (TPSA) is 97.3 Å². The largest absolute Gasteiger partial charge is 0.345 e. The highest BCUT2D eigenvalue weighted by molar-refractivity contribution is 5.92. The standard InChI is InChI=1S/C19H30N6O2/c1-23-10-13-8-16(7-12(13)9-18(23)26)24(2)19(27)17-11-25(22-21-17)15-5-3-14(20)4-6-15/h11-16H,3-10,20H2,1-2H3/t12-,13+,14?,15?,16-/m0/s1. The summed E-state index contributed by atoms with van der Waals surface area (Å²) in [5.74, 6) is 1.05. The molecular weight excluding hydrogens is 344 g/mol. The maximum Gasteiger partial charge on any atom is 0.276 e. The maximum absolute atomic E-state index is 12.9. The van der Waals surface area contributed by atoms with Crippen molar-refractivity contribution in [3.8, 4) is 0 Å². The number of aromatic nitrogens is 3. The molecule has 0 spiro atoms. The van der Waals surface area contributed by atoms with Crippen LogP contribution in [0.4, 0.5) is 0 Å². The minimum absolute atomic E-state index is 0.0721. The first-order valence-corrected chi connectivity index (χ1v) is 10.1. The van der Waals surface area contributed by atoms with Crippen LogP contribution >= 0.6 is 0 Å². The molecule has 2 saturated carbocycles. The maximum atomic E-state index is 12.9. The van der Waals surface area contributed by atoms with Crippen LogP contribution in [0.25, 0.3) is 0 Å². The van der Waals surface area contributed by atoms with E-state index in [0.29, 0.717) is 30.0 Å². The molecule has 0 radical (unpaired) electrons. The van der Waals surface area contributed by atoms with Gasteiger partial charge in [0.25, 0.3) is 5.91 Å². The van der Waals surface area contributed by atoms with Gasteiger partial charge in [0.1, 0.15) is 0 Å². The van der Waals surface area contributed by atoms with E-state index >= 15 is 0 Å². The van der Waals surface area contributed by atoms with Gasteiger partial charge in [-0.2, -0.15) is 0 Å². The molecule has 0 bridgehead atoms. The summed E-state index contributed by atoms with van der Waals surface area (Å²) in [5, 5.41) is 8.36. The van der Waals surface area contributed by atoms with Gasteiger partial charge >= 0.3 is 0 Å². The molecule has 1 aromatic rings. The molecule has 27 heavy (non-hydrogen) atoms. The number of likely N-dealkylation sites (tertiary alicyclic amines) is 1. The van der Waals surface area contributed by atoms with Gasteiger partial charge in [-0.3, -0.25) is 9.59 Å². The molecule has 1 saturated heterocycles. The second kappa shape index (κ2) is 7.22. The molecule has 8 nitrogen and oxygen atoms in total. The monoisotopic (exact) mass is 374 g/mol. The molecule has 0 unspecified atom stereocenters. The number of carbonyl (C=O) groups excluding carboxylic acids is 2. The number of hydrogen-bond acceptors (Lipinski definition) is 5. The van der Waals surface area contributed by atoms with Crippen LogP contribution in [0.2, 0.25) is 0 Å². The molecule has 2 aliphatic carbocycles. The van der Waals surface area contributed by atoms with Crippen molar-refractivity contribution in [2.45, 2.75) is 63.1 Å². The Balaban J connectivity index is 1.39. The van der Waals surface area contributed by atoms with Gasteiger partial charge in [0.05, 0.1) is 12.2 Å². The summed E-state index contributed by atoms with van der Waals surface area (Å²) in [4.78, 5) is 28.5. The van der Waals surface area contributed by atoms with E-state index in [1.807, 2.05) is 28.6 Å². The number of amides is 2. The molecule has 3 atom stereocenters. The van der Waals surface area contributed by atoms with E-state index in [0.717, 1.165) is 45.1 Å². The van der Waals surface area contributed by atoms with Crippen molar-refractivity contribution in [3.63, 3.8) is 0 Å². The Hall–Kier alpha value is -1.96. The minimum Gasteiger partial charge on any atom is -0.345 e. The van der Waals surface area contributed by atoms with Gasteiger partial charge < -0.3 is 15.5 Å². The fraction of sp³-hybridized carbons (Fsp3) is 0.789.